The third-order valence-electron chi connectivity index (χ3n) is 3.44. The van der Waals surface area contributed by atoms with Gasteiger partial charge in [0, 0.05) is 5.69 Å². The lowest BCUT2D eigenvalue weighted by atomic mass is 9.85. The van der Waals surface area contributed by atoms with Gasteiger partial charge in [-0.2, -0.15) is 8.78 Å². The lowest BCUT2D eigenvalue weighted by Crippen LogP contribution is -2.18. The van der Waals surface area contributed by atoms with Gasteiger partial charge in [-0.1, -0.05) is 20.3 Å². The van der Waals surface area contributed by atoms with Crippen LogP contribution in [-0.4, -0.2) is 12.5 Å². The first kappa shape index (κ1) is 13.8. The average Bonchev–Trinajstić information content (AvgIpc) is 2.64. The number of benzene rings is 1. The van der Waals surface area contributed by atoms with Crippen LogP contribution in [0.3, 0.4) is 0 Å². The highest BCUT2D eigenvalue weighted by molar-refractivity contribution is 6.03. The molecule has 0 spiro atoms. The van der Waals surface area contributed by atoms with Crippen molar-refractivity contribution in [2.75, 3.05) is 5.32 Å². The second-order valence-corrected chi connectivity index (χ2v) is 4.86. The standard InChI is InChI=1S/C14H17F2NO2/c1-3-4-8(2)12-10-7-9(19-14(15)16)5-6-11(10)17-13(12)18/h5-8,12,14H,3-4H2,1-2H3,(H,17,18). The summed E-state index contributed by atoms with van der Waals surface area (Å²) in [7, 11) is 0. The Balaban J connectivity index is 2.29. The van der Waals surface area contributed by atoms with Crippen molar-refractivity contribution in [1.82, 2.24) is 0 Å². The normalized spacial score (nSPS) is 19.2. The van der Waals surface area contributed by atoms with Gasteiger partial charge in [-0.3, -0.25) is 4.79 Å². The minimum atomic E-state index is -2.85. The summed E-state index contributed by atoms with van der Waals surface area (Å²) in [4.78, 5) is 12.0. The Hall–Kier alpha value is -1.65. The lowest BCUT2D eigenvalue weighted by Gasteiger charge is -2.17. The van der Waals surface area contributed by atoms with Crippen LogP contribution in [0.4, 0.5) is 14.5 Å². The van der Waals surface area contributed by atoms with Crippen LogP contribution in [-0.2, 0) is 4.79 Å². The molecule has 0 radical (unpaired) electrons. The molecule has 0 saturated heterocycles. The minimum Gasteiger partial charge on any atom is -0.435 e. The van der Waals surface area contributed by atoms with E-state index < -0.39 is 6.61 Å². The van der Waals surface area contributed by atoms with Crippen LogP contribution in [0.1, 0.15) is 38.2 Å². The van der Waals surface area contributed by atoms with Crippen LogP contribution in [0.2, 0.25) is 0 Å². The number of hydrogen-bond acceptors (Lipinski definition) is 2. The van der Waals surface area contributed by atoms with E-state index in [1.165, 1.54) is 12.1 Å². The summed E-state index contributed by atoms with van der Waals surface area (Å²) in [5.41, 5.74) is 1.45. The van der Waals surface area contributed by atoms with E-state index in [4.69, 9.17) is 0 Å². The van der Waals surface area contributed by atoms with Crippen molar-refractivity contribution in [2.24, 2.45) is 5.92 Å². The molecule has 0 fully saturated rings. The number of nitrogens with one attached hydrogen (secondary N) is 1. The Morgan fingerprint density at radius 3 is 2.79 bits per heavy atom. The molecule has 1 aromatic rings. The number of ether oxygens (including phenoxy) is 1. The van der Waals surface area contributed by atoms with Gasteiger partial charge < -0.3 is 10.1 Å². The van der Waals surface area contributed by atoms with Crippen LogP contribution in [0.25, 0.3) is 0 Å². The molecule has 19 heavy (non-hydrogen) atoms. The summed E-state index contributed by atoms with van der Waals surface area (Å²) in [6, 6.07) is 4.60. The van der Waals surface area contributed by atoms with E-state index in [1.807, 2.05) is 6.92 Å². The Labute approximate surface area is 111 Å². The van der Waals surface area contributed by atoms with Crippen molar-refractivity contribution in [2.45, 2.75) is 39.2 Å². The second-order valence-electron chi connectivity index (χ2n) is 4.86. The number of halogens is 2. The van der Waals surface area contributed by atoms with E-state index in [-0.39, 0.29) is 23.5 Å². The number of rotatable bonds is 5. The summed E-state index contributed by atoms with van der Waals surface area (Å²) in [6.07, 6.45) is 1.89. The Kier molecular flexibility index (Phi) is 4.02. The molecule has 2 rings (SSSR count). The highest BCUT2D eigenvalue weighted by Gasteiger charge is 2.34. The molecule has 0 saturated carbocycles. The second kappa shape index (κ2) is 5.55. The van der Waals surface area contributed by atoms with Gasteiger partial charge in [0.1, 0.15) is 5.75 Å². The van der Waals surface area contributed by atoms with Gasteiger partial charge in [0.25, 0.3) is 0 Å². The number of amides is 1. The zero-order valence-electron chi connectivity index (χ0n) is 11.0. The van der Waals surface area contributed by atoms with Crippen LogP contribution < -0.4 is 10.1 Å². The van der Waals surface area contributed by atoms with Gasteiger partial charge in [0.15, 0.2) is 0 Å². The van der Waals surface area contributed by atoms with Crippen molar-refractivity contribution in [3.63, 3.8) is 0 Å². The summed E-state index contributed by atoms with van der Waals surface area (Å²) in [6.45, 7) is 1.21. The van der Waals surface area contributed by atoms with Crippen molar-refractivity contribution < 1.29 is 18.3 Å². The van der Waals surface area contributed by atoms with E-state index in [0.717, 1.165) is 18.4 Å². The van der Waals surface area contributed by atoms with Crippen LogP contribution in [0.15, 0.2) is 18.2 Å². The molecule has 2 atom stereocenters. The topological polar surface area (TPSA) is 38.3 Å². The van der Waals surface area contributed by atoms with Gasteiger partial charge >= 0.3 is 6.61 Å². The predicted molar refractivity (Wildman–Crippen MR) is 68.5 cm³/mol. The first-order chi connectivity index (χ1) is 9.02. The molecule has 0 aliphatic carbocycles. The average molecular weight is 269 g/mol. The Morgan fingerprint density at radius 1 is 1.42 bits per heavy atom. The predicted octanol–water partition coefficient (Wildman–Crippen LogP) is 3.76. The lowest BCUT2D eigenvalue weighted by molar-refractivity contribution is -0.118. The molecule has 1 aliphatic heterocycles. The molecule has 0 aromatic heterocycles. The zero-order chi connectivity index (χ0) is 14.0. The van der Waals surface area contributed by atoms with E-state index in [0.29, 0.717) is 5.69 Å². The molecule has 0 bridgehead atoms. The van der Waals surface area contributed by atoms with Crippen LogP contribution in [0, 0.1) is 5.92 Å². The Bertz CT molecular complexity index is 477. The molecule has 104 valence electrons. The molecule has 1 aliphatic rings. The fourth-order valence-electron chi connectivity index (χ4n) is 2.63. The minimum absolute atomic E-state index is 0.0647. The maximum absolute atomic E-state index is 12.2. The molecular weight excluding hydrogens is 252 g/mol. The highest BCUT2D eigenvalue weighted by atomic mass is 19.3. The quantitative estimate of drug-likeness (QED) is 0.883. The first-order valence-electron chi connectivity index (χ1n) is 6.42. The van der Waals surface area contributed by atoms with Crippen LogP contribution >= 0.6 is 0 Å². The molecule has 2 unspecified atom stereocenters. The third kappa shape index (κ3) is 2.85. The van der Waals surface area contributed by atoms with E-state index in [2.05, 4.69) is 17.0 Å². The van der Waals surface area contributed by atoms with Crippen molar-refractivity contribution in [3.05, 3.63) is 23.8 Å². The number of alkyl halides is 2. The largest absolute Gasteiger partial charge is 0.435 e. The SMILES string of the molecule is CCCC(C)C1C(=O)Nc2ccc(OC(F)F)cc21. The van der Waals surface area contributed by atoms with Gasteiger partial charge in [-0.05, 0) is 36.1 Å². The monoisotopic (exact) mass is 269 g/mol. The Morgan fingerprint density at radius 2 is 2.16 bits per heavy atom. The summed E-state index contributed by atoms with van der Waals surface area (Å²) in [5, 5.41) is 2.79. The number of anilines is 1. The van der Waals surface area contributed by atoms with E-state index in [9.17, 15) is 13.6 Å². The van der Waals surface area contributed by atoms with E-state index in [1.54, 1.807) is 6.07 Å². The summed E-state index contributed by atoms with van der Waals surface area (Å²) in [5.74, 6) is -0.0756. The number of carbonyl (C=O) groups is 1. The first-order valence-corrected chi connectivity index (χ1v) is 6.42. The fraction of sp³-hybridized carbons (Fsp3) is 0.500. The van der Waals surface area contributed by atoms with Crippen molar-refractivity contribution in [1.29, 1.82) is 0 Å². The van der Waals surface area contributed by atoms with Crippen molar-refractivity contribution >= 4 is 11.6 Å². The third-order valence-corrected chi connectivity index (χ3v) is 3.44. The smallest absolute Gasteiger partial charge is 0.387 e. The van der Waals surface area contributed by atoms with Crippen molar-refractivity contribution in [3.8, 4) is 5.75 Å². The number of fused-ring (bicyclic) bond motifs is 1. The summed E-state index contributed by atoms with van der Waals surface area (Å²) >= 11 is 0. The highest BCUT2D eigenvalue weighted by Crippen LogP contribution is 2.40. The zero-order valence-corrected chi connectivity index (χ0v) is 11.0. The van der Waals surface area contributed by atoms with Gasteiger partial charge in [-0.25, -0.2) is 0 Å². The molecule has 5 heteroatoms. The molecule has 3 nitrogen and oxygen atoms in total. The number of carbonyl (C=O) groups excluding carboxylic acids is 1. The number of hydrogen-bond donors (Lipinski definition) is 1. The maximum Gasteiger partial charge on any atom is 0.387 e. The molecule has 1 aromatic carbocycles. The van der Waals surface area contributed by atoms with Gasteiger partial charge in [0.05, 0.1) is 5.92 Å². The molecule has 1 N–H and O–H groups in total. The molecule has 1 heterocycles. The fourth-order valence-corrected chi connectivity index (χ4v) is 2.63. The molecule has 1 amide bonds. The van der Waals surface area contributed by atoms with Gasteiger partial charge in [-0.15, -0.1) is 0 Å². The van der Waals surface area contributed by atoms with Crippen LogP contribution in [0.5, 0.6) is 5.75 Å². The maximum atomic E-state index is 12.2. The van der Waals surface area contributed by atoms with E-state index >= 15 is 0 Å². The summed E-state index contributed by atoms with van der Waals surface area (Å²) < 4.78 is 28.8. The molecular formula is C14H17F2NO2. The van der Waals surface area contributed by atoms with Gasteiger partial charge in [0.2, 0.25) is 5.91 Å².